The molecular formula is C23H30N2O5. The Labute approximate surface area is 177 Å². The predicted octanol–water partition coefficient (Wildman–Crippen LogP) is 2.56. The summed E-state index contributed by atoms with van der Waals surface area (Å²) >= 11 is 0. The first kappa shape index (κ1) is 20.7. The first-order valence-corrected chi connectivity index (χ1v) is 10.6. The number of carbonyl (C=O) groups excluding carboxylic acids is 2. The Morgan fingerprint density at radius 2 is 1.83 bits per heavy atom. The van der Waals surface area contributed by atoms with Crippen molar-refractivity contribution in [3.63, 3.8) is 0 Å². The van der Waals surface area contributed by atoms with Crippen LogP contribution in [0.2, 0.25) is 0 Å². The number of benzene rings is 1. The molecule has 4 rings (SSSR count). The third-order valence-electron chi connectivity index (χ3n) is 6.37. The molecular weight excluding hydrogens is 384 g/mol. The Morgan fingerprint density at radius 1 is 1.10 bits per heavy atom. The molecule has 2 aliphatic heterocycles. The van der Waals surface area contributed by atoms with Gasteiger partial charge in [-0.05, 0) is 51.1 Å². The summed E-state index contributed by atoms with van der Waals surface area (Å²) in [7, 11) is 7.10. The Bertz CT molecular complexity index is 878. The highest BCUT2D eigenvalue weighted by molar-refractivity contribution is 6.11. The maximum absolute atomic E-state index is 13.5. The first-order valence-electron chi connectivity index (χ1n) is 10.6. The summed E-state index contributed by atoms with van der Waals surface area (Å²) in [6, 6.07) is 5.11. The minimum absolute atomic E-state index is 0.0708. The van der Waals surface area contributed by atoms with E-state index in [1.54, 1.807) is 19.1 Å². The fourth-order valence-corrected chi connectivity index (χ4v) is 4.80. The summed E-state index contributed by atoms with van der Waals surface area (Å²) in [6.07, 6.45) is 3.55. The van der Waals surface area contributed by atoms with Gasteiger partial charge >= 0.3 is 0 Å². The normalized spacial score (nSPS) is 25.9. The summed E-state index contributed by atoms with van der Waals surface area (Å²) in [5.74, 6) is 1.16. The predicted molar refractivity (Wildman–Crippen MR) is 111 cm³/mol. The number of amides is 1. The maximum Gasteiger partial charge on any atom is 0.290 e. The lowest BCUT2D eigenvalue weighted by Gasteiger charge is -2.35. The van der Waals surface area contributed by atoms with Gasteiger partial charge in [0.25, 0.3) is 5.91 Å². The minimum Gasteiger partial charge on any atom is -0.493 e. The second-order valence-corrected chi connectivity index (χ2v) is 8.47. The highest BCUT2D eigenvalue weighted by atomic mass is 16.5. The summed E-state index contributed by atoms with van der Waals surface area (Å²) in [5.41, 5.74) is 1.34. The van der Waals surface area contributed by atoms with Crippen molar-refractivity contribution in [2.75, 3.05) is 41.4 Å². The smallest absolute Gasteiger partial charge is 0.290 e. The van der Waals surface area contributed by atoms with Crippen molar-refractivity contribution in [2.45, 2.75) is 37.8 Å². The molecule has 3 atom stereocenters. The number of fused-ring (bicyclic) bond motifs is 1. The molecule has 0 saturated heterocycles. The van der Waals surface area contributed by atoms with E-state index in [2.05, 4.69) is 0 Å². The molecule has 7 nitrogen and oxygen atoms in total. The van der Waals surface area contributed by atoms with Crippen LogP contribution in [-0.2, 0) is 14.3 Å². The molecule has 0 radical (unpaired) electrons. The Kier molecular flexibility index (Phi) is 5.73. The van der Waals surface area contributed by atoms with E-state index in [4.69, 9.17) is 14.2 Å². The number of carbonyl (C=O) groups is 2. The molecule has 7 heteroatoms. The third kappa shape index (κ3) is 3.45. The fourth-order valence-electron chi connectivity index (χ4n) is 4.80. The summed E-state index contributed by atoms with van der Waals surface area (Å²) < 4.78 is 17.0. The molecule has 3 aliphatic rings. The summed E-state index contributed by atoms with van der Waals surface area (Å²) in [4.78, 5) is 30.7. The SMILES string of the molecule is COc1ccc(C2C3=C(OC4CCCCC4C3=O)C(=O)N2CCN(C)C)cc1OC. The van der Waals surface area contributed by atoms with Crippen molar-refractivity contribution in [3.8, 4) is 11.5 Å². The molecule has 1 fully saturated rings. The van der Waals surface area contributed by atoms with Crippen molar-refractivity contribution < 1.29 is 23.8 Å². The Morgan fingerprint density at radius 3 is 2.53 bits per heavy atom. The van der Waals surface area contributed by atoms with E-state index in [1.165, 1.54) is 0 Å². The van der Waals surface area contributed by atoms with Crippen LogP contribution < -0.4 is 9.47 Å². The second kappa shape index (κ2) is 8.30. The minimum atomic E-state index is -0.470. The summed E-state index contributed by atoms with van der Waals surface area (Å²) in [6.45, 7) is 1.20. The van der Waals surface area contributed by atoms with Gasteiger partial charge in [-0.25, -0.2) is 0 Å². The molecule has 0 aromatic heterocycles. The molecule has 0 N–H and O–H groups in total. The van der Waals surface area contributed by atoms with Crippen LogP contribution in [0.25, 0.3) is 0 Å². The fraction of sp³-hybridized carbons (Fsp3) is 0.565. The topological polar surface area (TPSA) is 68.3 Å². The number of rotatable bonds is 6. The van der Waals surface area contributed by atoms with Gasteiger partial charge in [-0.3, -0.25) is 9.59 Å². The number of hydrogen-bond donors (Lipinski definition) is 0. The number of Topliss-reactive ketones (excluding diaryl/α,β-unsaturated/α-hetero) is 1. The zero-order valence-electron chi connectivity index (χ0n) is 18.1. The molecule has 0 spiro atoms. The van der Waals surface area contributed by atoms with Gasteiger partial charge in [0.05, 0.1) is 31.8 Å². The monoisotopic (exact) mass is 414 g/mol. The molecule has 1 aromatic carbocycles. The molecule has 30 heavy (non-hydrogen) atoms. The van der Waals surface area contributed by atoms with Crippen molar-refractivity contribution >= 4 is 11.7 Å². The van der Waals surface area contributed by atoms with E-state index in [0.717, 1.165) is 31.2 Å². The standard InChI is InChI=1S/C23H30N2O5/c1-24(2)11-12-25-20(14-9-10-17(28-3)18(13-14)29-4)19-21(26)15-7-5-6-8-16(15)30-22(19)23(25)27/h9-10,13,15-16,20H,5-8,11-12H2,1-4H3. The highest BCUT2D eigenvalue weighted by Crippen LogP contribution is 2.47. The van der Waals surface area contributed by atoms with Crippen LogP contribution in [0.5, 0.6) is 11.5 Å². The van der Waals surface area contributed by atoms with Gasteiger partial charge in [0.2, 0.25) is 0 Å². The van der Waals surface area contributed by atoms with Crippen LogP contribution in [-0.4, -0.2) is 69.0 Å². The maximum atomic E-state index is 13.5. The quantitative estimate of drug-likeness (QED) is 0.713. The van der Waals surface area contributed by atoms with Crippen LogP contribution in [0.3, 0.4) is 0 Å². The van der Waals surface area contributed by atoms with Crippen molar-refractivity contribution in [1.82, 2.24) is 9.80 Å². The van der Waals surface area contributed by atoms with Gasteiger partial charge in [0.1, 0.15) is 6.10 Å². The molecule has 3 unspecified atom stereocenters. The lowest BCUT2D eigenvalue weighted by Crippen LogP contribution is -2.39. The van der Waals surface area contributed by atoms with Crippen LogP contribution in [0.4, 0.5) is 0 Å². The van der Waals surface area contributed by atoms with E-state index >= 15 is 0 Å². The average Bonchev–Trinajstić information content (AvgIpc) is 3.03. The van der Waals surface area contributed by atoms with Crippen molar-refractivity contribution in [2.24, 2.45) is 5.92 Å². The van der Waals surface area contributed by atoms with E-state index in [-0.39, 0.29) is 29.5 Å². The van der Waals surface area contributed by atoms with Crippen LogP contribution >= 0.6 is 0 Å². The molecule has 1 saturated carbocycles. The van der Waals surface area contributed by atoms with Crippen molar-refractivity contribution in [1.29, 1.82) is 0 Å². The molecule has 2 heterocycles. The largest absolute Gasteiger partial charge is 0.493 e. The molecule has 162 valence electrons. The molecule has 1 aliphatic carbocycles. The molecule has 1 aromatic rings. The highest BCUT2D eigenvalue weighted by Gasteiger charge is 2.51. The zero-order valence-corrected chi connectivity index (χ0v) is 18.1. The van der Waals surface area contributed by atoms with Crippen LogP contribution in [0.1, 0.15) is 37.3 Å². The number of ether oxygens (including phenoxy) is 3. The lowest BCUT2D eigenvalue weighted by molar-refractivity contribution is -0.135. The number of likely N-dealkylation sites (N-methyl/N-ethyl adjacent to an activating group) is 1. The van der Waals surface area contributed by atoms with Gasteiger partial charge in [0.15, 0.2) is 23.0 Å². The van der Waals surface area contributed by atoms with Gasteiger partial charge in [-0.1, -0.05) is 12.5 Å². The number of ketones is 1. The molecule has 0 bridgehead atoms. The number of nitrogens with zero attached hydrogens (tertiary/aromatic N) is 2. The molecule has 1 amide bonds. The van der Waals surface area contributed by atoms with Crippen molar-refractivity contribution in [3.05, 3.63) is 35.1 Å². The van der Waals surface area contributed by atoms with E-state index in [0.29, 0.717) is 30.2 Å². The number of hydrogen-bond acceptors (Lipinski definition) is 6. The van der Waals surface area contributed by atoms with Crippen LogP contribution in [0, 0.1) is 5.92 Å². The van der Waals surface area contributed by atoms with Gasteiger partial charge in [-0.2, -0.15) is 0 Å². The van der Waals surface area contributed by atoms with Crippen LogP contribution in [0.15, 0.2) is 29.5 Å². The zero-order chi connectivity index (χ0) is 21.4. The van der Waals surface area contributed by atoms with E-state index in [9.17, 15) is 9.59 Å². The third-order valence-corrected chi connectivity index (χ3v) is 6.37. The average molecular weight is 415 g/mol. The number of methoxy groups -OCH3 is 2. The Hall–Kier alpha value is -2.54. The van der Waals surface area contributed by atoms with E-state index in [1.807, 2.05) is 37.2 Å². The van der Waals surface area contributed by atoms with Gasteiger partial charge < -0.3 is 24.0 Å². The van der Waals surface area contributed by atoms with Gasteiger partial charge in [0, 0.05) is 13.1 Å². The van der Waals surface area contributed by atoms with E-state index < -0.39 is 6.04 Å². The lowest BCUT2D eigenvalue weighted by atomic mass is 9.77. The first-order chi connectivity index (χ1) is 14.5. The Balaban J connectivity index is 1.78. The van der Waals surface area contributed by atoms with Gasteiger partial charge in [-0.15, -0.1) is 0 Å². The summed E-state index contributed by atoms with van der Waals surface area (Å²) in [5, 5.41) is 0. The second-order valence-electron chi connectivity index (χ2n) is 8.47.